The molecule has 5 aromatic rings. The summed E-state index contributed by atoms with van der Waals surface area (Å²) < 4.78 is 39.4. The van der Waals surface area contributed by atoms with Crippen molar-refractivity contribution in [2.24, 2.45) is 0 Å². The Hall–Kier alpha value is -3.72. The van der Waals surface area contributed by atoms with Gasteiger partial charge in [-0.15, -0.1) is 65.7 Å². The van der Waals surface area contributed by atoms with Gasteiger partial charge in [-0.3, -0.25) is 0 Å². The molecular weight excluding hydrogens is 609 g/mol. The normalized spacial score (nSPS) is 11.9. The summed E-state index contributed by atoms with van der Waals surface area (Å²) in [6.07, 6.45) is 3.29. The molecule has 0 aliphatic carbocycles. The topological polar surface area (TPSA) is 42.9 Å². The molecule has 0 aliphatic heterocycles. The number of pyridine rings is 2. The number of hydrogen-bond donors (Lipinski definition) is 0. The van der Waals surface area contributed by atoms with E-state index >= 15 is 0 Å². The van der Waals surface area contributed by atoms with Crippen LogP contribution in [-0.2, 0) is 20.1 Å². The number of aromatic nitrogens is 2. The third kappa shape index (κ3) is 6.89. The van der Waals surface area contributed by atoms with Crippen molar-refractivity contribution in [3.8, 4) is 33.6 Å². The van der Waals surface area contributed by atoms with E-state index in [-0.39, 0.29) is 55.6 Å². The van der Waals surface area contributed by atoms with Gasteiger partial charge in [-0.2, -0.15) is 0 Å². The maximum atomic E-state index is 11.1. The molecule has 0 saturated carbocycles. The Morgan fingerprint density at radius 3 is 2.26 bits per heavy atom. The minimum absolute atomic E-state index is 0. The number of carbonyl (C=O) groups excluding carboxylic acids is 1. The number of hydrogen-bond acceptors (Lipinski definition) is 3. The zero-order chi connectivity index (χ0) is 28.1. The Balaban J connectivity index is 0.000000238. The fourth-order valence-corrected chi connectivity index (χ4v) is 3.23. The molecule has 4 heteroatoms. The molecule has 1 radical (unpaired) electrons. The van der Waals surface area contributed by atoms with E-state index in [0.29, 0.717) is 11.1 Å². The Kier molecular flexibility index (Phi) is 7.08. The molecule has 0 saturated heterocycles. The Morgan fingerprint density at radius 1 is 0.886 bits per heavy atom. The van der Waals surface area contributed by atoms with E-state index in [4.69, 9.17) is 6.85 Å². The smallest absolute Gasteiger partial charge is 0.119 e. The maximum Gasteiger partial charge on any atom is 0.119 e. The first kappa shape index (κ1) is 19.6. The second-order valence-electron chi connectivity index (χ2n) is 7.42. The molecule has 0 amide bonds. The Labute approximate surface area is 227 Å². The van der Waals surface area contributed by atoms with Gasteiger partial charge in [0.25, 0.3) is 0 Å². The average molecular weight is 638 g/mol. The summed E-state index contributed by atoms with van der Waals surface area (Å²) in [6.45, 7) is 3.38. The molecule has 2 heterocycles. The summed E-state index contributed by atoms with van der Waals surface area (Å²) in [7, 11) is 0. The van der Waals surface area contributed by atoms with E-state index in [1.165, 1.54) is 0 Å². The molecular formula is C31H24IrN2O-2. The molecule has 0 N–H and O–H groups in total. The molecule has 175 valence electrons. The van der Waals surface area contributed by atoms with Crippen molar-refractivity contribution >= 4 is 5.78 Å². The Morgan fingerprint density at radius 2 is 1.66 bits per heavy atom. The van der Waals surface area contributed by atoms with Crippen LogP contribution in [0, 0.1) is 19.1 Å². The molecule has 3 aromatic carbocycles. The SMILES string of the molecule is CC(=O)c1c[c-]c(-c2ccccn2)cc1.[2H]c1c([2H])c([2H])c(-c2cnc(-c3[c-]cccc3)cc2C)c([2H])c1[2H].[Ir]. The predicted octanol–water partition coefficient (Wildman–Crippen LogP) is 7.27. The van der Waals surface area contributed by atoms with Gasteiger partial charge in [0.2, 0.25) is 0 Å². The van der Waals surface area contributed by atoms with Gasteiger partial charge in [0.05, 0.1) is 6.85 Å². The third-order valence-corrected chi connectivity index (χ3v) is 5.03. The zero-order valence-corrected chi connectivity index (χ0v) is 21.5. The summed E-state index contributed by atoms with van der Waals surface area (Å²) in [5, 5.41) is 0. The molecule has 0 aliphatic rings. The first-order valence-corrected chi connectivity index (χ1v) is 10.6. The van der Waals surface area contributed by atoms with Gasteiger partial charge < -0.3 is 14.8 Å². The molecule has 0 fully saturated rings. The van der Waals surface area contributed by atoms with Gasteiger partial charge in [-0.05, 0) is 42.4 Å². The van der Waals surface area contributed by atoms with E-state index in [1.54, 1.807) is 37.5 Å². The molecule has 0 unspecified atom stereocenters. The van der Waals surface area contributed by atoms with Gasteiger partial charge >= 0.3 is 0 Å². The van der Waals surface area contributed by atoms with Crippen molar-refractivity contribution in [2.45, 2.75) is 13.8 Å². The molecule has 3 nitrogen and oxygen atoms in total. The van der Waals surface area contributed by atoms with E-state index in [9.17, 15) is 4.79 Å². The number of aryl methyl sites for hydroxylation is 1. The maximum absolute atomic E-state index is 11.1. The minimum atomic E-state index is -0.394. The van der Waals surface area contributed by atoms with Gasteiger partial charge in [-0.1, -0.05) is 54.0 Å². The number of carbonyl (C=O) groups is 1. The van der Waals surface area contributed by atoms with Crippen LogP contribution >= 0.6 is 0 Å². The third-order valence-electron chi connectivity index (χ3n) is 5.03. The van der Waals surface area contributed by atoms with Crippen LogP contribution < -0.4 is 0 Å². The molecule has 0 bridgehead atoms. The van der Waals surface area contributed by atoms with Crippen LogP contribution in [0.2, 0.25) is 0 Å². The van der Waals surface area contributed by atoms with Gasteiger partial charge in [0.1, 0.15) is 5.78 Å². The predicted molar refractivity (Wildman–Crippen MR) is 137 cm³/mol. The molecule has 0 spiro atoms. The fraction of sp³-hybridized carbons (Fsp3) is 0.0645. The first-order chi connectivity index (χ1) is 18.7. The van der Waals surface area contributed by atoms with Crippen LogP contribution in [0.4, 0.5) is 0 Å². The van der Waals surface area contributed by atoms with E-state index < -0.39 is 6.04 Å². The zero-order valence-electron chi connectivity index (χ0n) is 24.1. The number of nitrogens with zero attached hydrogens (tertiary/aromatic N) is 2. The summed E-state index contributed by atoms with van der Waals surface area (Å²) in [5.41, 5.74) is 5.51. The number of ketones is 1. The summed E-state index contributed by atoms with van der Waals surface area (Å²) >= 11 is 0. The van der Waals surface area contributed by atoms with Gasteiger partial charge in [0.15, 0.2) is 0 Å². The number of benzene rings is 3. The Bertz CT molecular complexity index is 1600. The largest absolute Gasteiger partial charge is 0.306 e. The molecule has 2 aromatic heterocycles. The molecule has 5 rings (SSSR count). The van der Waals surface area contributed by atoms with Crippen LogP contribution in [-0.4, -0.2) is 15.8 Å². The minimum Gasteiger partial charge on any atom is -0.306 e. The second-order valence-corrected chi connectivity index (χ2v) is 7.42. The fourth-order valence-electron chi connectivity index (χ4n) is 3.23. The van der Waals surface area contributed by atoms with Crippen molar-refractivity contribution in [1.29, 1.82) is 0 Å². The summed E-state index contributed by atoms with van der Waals surface area (Å²) in [6, 6.07) is 25.0. The van der Waals surface area contributed by atoms with Crippen molar-refractivity contribution in [2.75, 3.05) is 0 Å². The van der Waals surface area contributed by atoms with Gasteiger partial charge in [-0.25, -0.2) is 0 Å². The average Bonchev–Trinajstić information content (AvgIpc) is 2.97. The molecule has 0 atom stereocenters. The summed E-state index contributed by atoms with van der Waals surface area (Å²) in [4.78, 5) is 19.6. The van der Waals surface area contributed by atoms with Crippen molar-refractivity contribution < 1.29 is 31.8 Å². The first-order valence-electron chi connectivity index (χ1n) is 13.1. The van der Waals surface area contributed by atoms with Crippen LogP contribution in [0.25, 0.3) is 33.6 Å². The van der Waals surface area contributed by atoms with Gasteiger partial charge in [0, 0.05) is 38.1 Å². The molecule has 35 heavy (non-hydrogen) atoms. The van der Waals surface area contributed by atoms with Crippen molar-refractivity contribution in [3.63, 3.8) is 0 Å². The van der Waals surface area contributed by atoms with E-state index in [2.05, 4.69) is 22.1 Å². The second kappa shape index (κ2) is 12.7. The van der Waals surface area contributed by atoms with E-state index in [0.717, 1.165) is 28.1 Å². The van der Waals surface area contributed by atoms with Crippen LogP contribution in [0.5, 0.6) is 0 Å². The monoisotopic (exact) mass is 638 g/mol. The van der Waals surface area contributed by atoms with Crippen molar-refractivity contribution in [3.05, 3.63) is 133 Å². The number of rotatable bonds is 4. The quantitative estimate of drug-likeness (QED) is 0.154. The summed E-state index contributed by atoms with van der Waals surface area (Å²) in [5.74, 6) is 0.0545. The van der Waals surface area contributed by atoms with E-state index in [1.807, 2.05) is 55.5 Å². The van der Waals surface area contributed by atoms with Crippen molar-refractivity contribution in [1.82, 2.24) is 9.97 Å². The standard InChI is InChI=1S/C18H14N.C13H10NO.Ir/c1-14-12-18(16-10-6-3-7-11-16)19-13-17(14)15-8-4-2-5-9-15;1-10(15)11-5-7-12(8-6-11)13-4-2-3-9-14-13;/h2-10,12-13H,1H3;2-7,9H,1H3;/q2*-1;/i2D,4D,5D,8D,9D;;. The van der Waals surface area contributed by atoms with Crippen LogP contribution in [0.1, 0.15) is 29.7 Å². The number of Topliss-reactive ketones (excluding diaryl/α,β-unsaturated/α-hetero) is 1. The van der Waals surface area contributed by atoms with Crippen LogP contribution in [0.3, 0.4) is 0 Å². The van der Waals surface area contributed by atoms with Crippen LogP contribution in [0.15, 0.2) is 109 Å².